The van der Waals surface area contributed by atoms with Gasteiger partial charge in [0.25, 0.3) is 5.91 Å². The first-order valence-electron chi connectivity index (χ1n) is 8.26. The van der Waals surface area contributed by atoms with Gasteiger partial charge in [-0.2, -0.15) is 0 Å². The number of hydrogen-bond acceptors (Lipinski definition) is 4. The lowest BCUT2D eigenvalue weighted by molar-refractivity contribution is 0.0956. The molecule has 0 fully saturated rings. The molecule has 3 aromatic rings. The van der Waals surface area contributed by atoms with Crippen LogP contribution in [0, 0.1) is 0 Å². The highest BCUT2D eigenvalue weighted by atomic mass is 16.3. The van der Waals surface area contributed by atoms with E-state index in [9.17, 15) is 4.79 Å². The number of imidazole rings is 1. The molecule has 1 N–H and O–H groups in total. The maximum Gasteiger partial charge on any atom is 0.251 e. The second kappa shape index (κ2) is 6.13. The van der Waals surface area contributed by atoms with Crippen molar-refractivity contribution >= 4 is 16.9 Å². The molecular formula is C18H20N4O2. The monoisotopic (exact) mass is 324 g/mol. The largest absolute Gasteiger partial charge is 0.468 e. The summed E-state index contributed by atoms with van der Waals surface area (Å²) < 4.78 is 7.68. The van der Waals surface area contributed by atoms with Crippen LogP contribution in [0.5, 0.6) is 0 Å². The van der Waals surface area contributed by atoms with Crippen LogP contribution in [0.3, 0.4) is 0 Å². The predicted octanol–water partition coefficient (Wildman–Crippen LogP) is 2.39. The molecule has 0 unspecified atom stereocenters. The van der Waals surface area contributed by atoms with Gasteiger partial charge in [0.05, 0.1) is 30.4 Å². The van der Waals surface area contributed by atoms with Crippen molar-refractivity contribution in [1.29, 1.82) is 0 Å². The molecule has 1 aromatic carbocycles. The Kier molecular flexibility index (Phi) is 3.82. The third-order valence-electron chi connectivity index (χ3n) is 4.39. The number of fused-ring (bicyclic) bond motifs is 3. The summed E-state index contributed by atoms with van der Waals surface area (Å²) in [4.78, 5) is 19.1. The van der Waals surface area contributed by atoms with Crippen molar-refractivity contribution in [2.75, 3.05) is 13.1 Å². The van der Waals surface area contributed by atoms with Crippen molar-refractivity contribution in [2.45, 2.75) is 26.6 Å². The van der Waals surface area contributed by atoms with Crippen molar-refractivity contribution in [2.24, 2.45) is 0 Å². The summed E-state index contributed by atoms with van der Waals surface area (Å²) in [6, 6.07) is 9.66. The van der Waals surface area contributed by atoms with Gasteiger partial charge < -0.3 is 14.3 Å². The molecule has 124 valence electrons. The summed E-state index contributed by atoms with van der Waals surface area (Å²) in [6.07, 6.45) is 1.71. The minimum atomic E-state index is -0.0511. The molecule has 0 spiro atoms. The molecule has 0 saturated carbocycles. The van der Waals surface area contributed by atoms with Gasteiger partial charge in [-0.1, -0.05) is 0 Å². The molecule has 6 nitrogen and oxygen atoms in total. The lowest BCUT2D eigenvalue weighted by Gasteiger charge is -2.26. The van der Waals surface area contributed by atoms with Crippen molar-refractivity contribution in [3.63, 3.8) is 0 Å². The van der Waals surface area contributed by atoms with Crippen LogP contribution in [0.2, 0.25) is 0 Å². The second-order valence-electron chi connectivity index (χ2n) is 6.03. The van der Waals surface area contributed by atoms with Gasteiger partial charge in [-0.05, 0) is 37.3 Å². The molecule has 4 rings (SSSR count). The van der Waals surface area contributed by atoms with Gasteiger partial charge in [-0.3, -0.25) is 9.69 Å². The Morgan fingerprint density at radius 1 is 1.33 bits per heavy atom. The van der Waals surface area contributed by atoms with Crippen molar-refractivity contribution in [1.82, 2.24) is 19.8 Å². The summed E-state index contributed by atoms with van der Waals surface area (Å²) in [5.74, 6) is 1.96. The molecule has 1 aliphatic heterocycles. The Morgan fingerprint density at radius 2 is 2.25 bits per heavy atom. The van der Waals surface area contributed by atoms with E-state index in [0.717, 1.165) is 48.8 Å². The molecule has 24 heavy (non-hydrogen) atoms. The summed E-state index contributed by atoms with van der Waals surface area (Å²) in [5, 5.41) is 2.83. The van der Waals surface area contributed by atoms with Gasteiger partial charge in [-0.25, -0.2) is 4.98 Å². The highest BCUT2D eigenvalue weighted by Crippen LogP contribution is 2.23. The van der Waals surface area contributed by atoms with Crippen molar-refractivity contribution in [3.05, 3.63) is 53.7 Å². The van der Waals surface area contributed by atoms with Gasteiger partial charge in [0.15, 0.2) is 0 Å². The van der Waals surface area contributed by atoms with Crippen LogP contribution in [0.25, 0.3) is 11.0 Å². The fourth-order valence-corrected chi connectivity index (χ4v) is 3.23. The molecule has 3 heterocycles. The van der Waals surface area contributed by atoms with E-state index in [0.29, 0.717) is 12.1 Å². The van der Waals surface area contributed by atoms with E-state index in [1.807, 2.05) is 37.3 Å². The maximum absolute atomic E-state index is 12.0. The zero-order valence-corrected chi connectivity index (χ0v) is 13.7. The highest BCUT2D eigenvalue weighted by Gasteiger charge is 2.21. The zero-order valence-electron chi connectivity index (χ0n) is 13.7. The number of rotatable bonds is 4. The normalized spacial score (nSPS) is 14.7. The van der Waals surface area contributed by atoms with Crippen molar-refractivity contribution < 1.29 is 9.21 Å². The first-order chi connectivity index (χ1) is 11.7. The standard InChI is InChI=1S/C18H20N4O2/c1-2-19-18(23)13-5-6-16-15(10-13)20-17-12-21(7-8-22(16)17)11-14-4-3-9-24-14/h3-6,9-10H,2,7-8,11-12H2,1H3,(H,19,23). The summed E-state index contributed by atoms with van der Waals surface area (Å²) in [5.41, 5.74) is 2.64. The first-order valence-corrected chi connectivity index (χ1v) is 8.26. The van der Waals surface area contributed by atoms with Gasteiger partial charge in [-0.15, -0.1) is 0 Å². The number of furan rings is 1. The zero-order chi connectivity index (χ0) is 16.5. The Bertz CT molecular complexity index is 867. The van der Waals surface area contributed by atoms with Crippen LogP contribution in [0.1, 0.15) is 28.9 Å². The van der Waals surface area contributed by atoms with Crippen LogP contribution in [-0.4, -0.2) is 33.4 Å². The molecule has 6 heteroatoms. The smallest absolute Gasteiger partial charge is 0.251 e. The van der Waals surface area contributed by atoms with Gasteiger partial charge in [0.2, 0.25) is 0 Å². The maximum atomic E-state index is 12.0. The number of nitrogens with one attached hydrogen (secondary N) is 1. The van der Waals surface area contributed by atoms with Crippen LogP contribution >= 0.6 is 0 Å². The molecule has 1 amide bonds. The van der Waals surface area contributed by atoms with Crippen LogP contribution in [-0.2, 0) is 19.6 Å². The Balaban J connectivity index is 1.59. The van der Waals surface area contributed by atoms with E-state index in [2.05, 4.69) is 14.8 Å². The Labute approximate surface area is 140 Å². The van der Waals surface area contributed by atoms with Gasteiger partial charge >= 0.3 is 0 Å². The molecule has 0 atom stereocenters. The molecule has 0 saturated heterocycles. The SMILES string of the molecule is CCNC(=O)c1ccc2c(c1)nc1n2CCN(Cc2ccco2)C1. The number of nitrogens with zero attached hydrogens (tertiary/aromatic N) is 3. The fraction of sp³-hybridized carbons (Fsp3) is 0.333. The molecule has 0 radical (unpaired) electrons. The third kappa shape index (κ3) is 2.69. The number of carbonyl (C=O) groups excluding carboxylic acids is 1. The number of carbonyl (C=O) groups is 1. The van der Waals surface area contributed by atoms with Crippen LogP contribution < -0.4 is 5.32 Å². The lowest BCUT2D eigenvalue weighted by atomic mass is 10.2. The molecular weight excluding hydrogens is 304 g/mol. The number of aromatic nitrogens is 2. The van der Waals surface area contributed by atoms with Crippen LogP contribution in [0.4, 0.5) is 0 Å². The first kappa shape index (κ1) is 15.0. The van der Waals surface area contributed by atoms with Gasteiger partial charge in [0.1, 0.15) is 11.6 Å². The predicted molar refractivity (Wildman–Crippen MR) is 90.6 cm³/mol. The highest BCUT2D eigenvalue weighted by molar-refractivity contribution is 5.97. The number of hydrogen-bond donors (Lipinski definition) is 1. The van der Waals surface area contributed by atoms with E-state index >= 15 is 0 Å². The molecule has 0 bridgehead atoms. The van der Waals surface area contributed by atoms with E-state index < -0.39 is 0 Å². The second-order valence-corrected chi connectivity index (χ2v) is 6.03. The van der Waals surface area contributed by atoms with E-state index in [1.54, 1.807) is 6.26 Å². The van der Waals surface area contributed by atoms with E-state index in [-0.39, 0.29) is 5.91 Å². The Hall–Kier alpha value is -2.60. The average molecular weight is 324 g/mol. The fourth-order valence-electron chi connectivity index (χ4n) is 3.23. The summed E-state index contributed by atoms with van der Waals surface area (Å²) >= 11 is 0. The summed E-state index contributed by atoms with van der Waals surface area (Å²) in [7, 11) is 0. The minimum Gasteiger partial charge on any atom is -0.468 e. The molecule has 0 aliphatic carbocycles. The van der Waals surface area contributed by atoms with E-state index in [1.165, 1.54) is 0 Å². The van der Waals surface area contributed by atoms with Gasteiger partial charge in [0, 0.05) is 25.2 Å². The summed E-state index contributed by atoms with van der Waals surface area (Å²) in [6.45, 7) is 5.97. The van der Waals surface area contributed by atoms with E-state index in [4.69, 9.17) is 9.40 Å². The number of benzene rings is 1. The topological polar surface area (TPSA) is 63.3 Å². The third-order valence-corrected chi connectivity index (χ3v) is 4.39. The lowest BCUT2D eigenvalue weighted by Crippen LogP contribution is -2.33. The quantitative estimate of drug-likeness (QED) is 0.800. The average Bonchev–Trinajstić information content (AvgIpc) is 3.21. The molecule has 2 aromatic heterocycles. The van der Waals surface area contributed by atoms with Crippen LogP contribution in [0.15, 0.2) is 41.0 Å². The minimum absolute atomic E-state index is 0.0511. The van der Waals surface area contributed by atoms with Crippen molar-refractivity contribution in [3.8, 4) is 0 Å². The Morgan fingerprint density at radius 3 is 3.04 bits per heavy atom. The molecule has 1 aliphatic rings. The number of amides is 1.